The first-order chi connectivity index (χ1) is 15.1. The number of hydrogen-bond acceptors (Lipinski definition) is 7. The van der Waals surface area contributed by atoms with E-state index in [2.05, 4.69) is 21.4 Å². The van der Waals surface area contributed by atoms with Crippen LogP contribution >= 0.6 is 11.3 Å². The zero-order valence-corrected chi connectivity index (χ0v) is 18.3. The normalized spacial score (nSPS) is 16.2. The number of rotatable bonds is 9. The Kier molecular flexibility index (Phi) is 6.76. The number of aryl methyl sites for hydroxylation is 2. The van der Waals surface area contributed by atoms with Gasteiger partial charge in [-0.15, -0.1) is 11.3 Å². The lowest BCUT2D eigenvalue weighted by atomic mass is 9.96. The lowest BCUT2D eigenvalue weighted by Gasteiger charge is -2.25. The van der Waals surface area contributed by atoms with E-state index >= 15 is 0 Å². The molecule has 0 bridgehead atoms. The number of carboxylic acids is 1. The third-order valence-corrected chi connectivity index (χ3v) is 6.60. The van der Waals surface area contributed by atoms with Crippen molar-refractivity contribution >= 4 is 23.1 Å². The minimum Gasteiger partial charge on any atom is -0.481 e. The van der Waals surface area contributed by atoms with Gasteiger partial charge in [0.15, 0.2) is 0 Å². The van der Waals surface area contributed by atoms with Crippen molar-refractivity contribution in [2.75, 3.05) is 12.4 Å². The monoisotopic (exact) mass is 438 g/mol. The molecular formula is C23H26N4O3S. The SMILES string of the molecule is COc1ccc(C(CC(=O)O)c2nc(CCCC3CCc4cccnc4N3)cs2)cn1. The molecule has 0 fully saturated rings. The van der Waals surface area contributed by atoms with Crippen molar-refractivity contribution in [1.82, 2.24) is 15.0 Å². The van der Waals surface area contributed by atoms with Crippen LogP contribution in [0.15, 0.2) is 42.0 Å². The number of pyridine rings is 2. The van der Waals surface area contributed by atoms with Gasteiger partial charge in [0.25, 0.3) is 0 Å². The van der Waals surface area contributed by atoms with Gasteiger partial charge < -0.3 is 15.2 Å². The van der Waals surface area contributed by atoms with Gasteiger partial charge in [-0.1, -0.05) is 12.1 Å². The van der Waals surface area contributed by atoms with Crippen LogP contribution in [0.1, 0.15) is 53.4 Å². The van der Waals surface area contributed by atoms with Crippen molar-refractivity contribution < 1.29 is 14.6 Å². The second-order valence-electron chi connectivity index (χ2n) is 7.74. The number of nitrogens with one attached hydrogen (secondary N) is 1. The second kappa shape index (κ2) is 9.87. The number of carboxylic acid groups (broad SMARTS) is 1. The highest BCUT2D eigenvalue weighted by atomic mass is 32.1. The summed E-state index contributed by atoms with van der Waals surface area (Å²) in [6.45, 7) is 0. The molecule has 0 aliphatic carbocycles. The van der Waals surface area contributed by atoms with Crippen molar-refractivity contribution in [3.63, 3.8) is 0 Å². The van der Waals surface area contributed by atoms with Gasteiger partial charge in [0.05, 0.1) is 19.2 Å². The molecule has 31 heavy (non-hydrogen) atoms. The minimum absolute atomic E-state index is 0.0145. The van der Waals surface area contributed by atoms with E-state index in [4.69, 9.17) is 9.72 Å². The van der Waals surface area contributed by atoms with Crippen molar-refractivity contribution in [2.24, 2.45) is 0 Å². The lowest BCUT2D eigenvalue weighted by Crippen LogP contribution is -2.26. The Balaban J connectivity index is 1.36. The molecule has 0 saturated carbocycles. The molecule has 3 aromatic rings. The fraction of sp³-hybridized carbons (Fsp3) is 0.391. The van der Waals surface area contributed by atoms with E-state index in [1.807, 2.05) is 23.7 Å². The van der Waals surface area contributed by atoms with Crippen molar-refractivity contribution in [1.29, 1.82) is 0 Å². The smallest absolute Gasteiger partial charge is 0.304 e. The molecule has 2 atom stereocenters. The van der Waals surface area contributed by atoms with Gasteiger partial charge in [0, 0.05) is 35.8 Å². The number of aromatic nitrogens is 3. The Morgan fingerprint density at radius 1 is 1.35 bits per heavy atom. The first-order valence-electron chi connectivity index (χ1n) is 10.5. The van der Waals surface area contributed by atoms with E-state index in [1.54, 1.807) is 19.4 Å². The highest BCUT2D eigenvalue weighted by Gasteiger charge is 2.22. The molecule has 0 saturated heterocycles. The van der Waals surface area contributed by atoms with Gasteiger partial charge in [-0.2, -0.15) is 0 Å². The molecule has 162 valence electrons. The van der Waals surface area contributed by atoms with Crippen LogP contribution in [0.25, 0.3) is 0 Å². The first kappa shape index (κ1) is 21.2. The molecule has 4 heterocycles. The van der Waals surface area contributed by atoms with Crippen LogP contribution < -0.4 is 10.1 Å². The summed E-state index contributed by atoms with van der Waals surface area (Å²) >= 11 is 1.52. The number of carbonyl (C=O) groups is 1. The summed E-state index contributed by atoms with van der Waals surface area (Å²) in [6, 6.07) is 8.17. The number of methoxy groups -OCH3 is 1. The van der Waals surface area contributed by atoms with E-state index in [1.165, 1.54) is 16.9 Å². The van der Waals surface area contributed by atoms with Gasteiger partial charge in [-0.3, -0.25) is 4.79 Å². The van der Waals surface area contributed by atoms with Crippen LogP contribution in [0.4, 0.5) is 5.82 Å². The van der Waals surface area contributed by atoms with E-state index < -0.39 is 5.97 Å². The van der Waals surface area contributed by atoms with Crippen LogP contribution in [0.2, 0.25) is 0 Å². The average Bonchev–Trinajstić information content (AvgIpc) is 3.26. The van der Waals surface area contributed by atoms with Gasteiger partial charge in [-0.05, 0) is 49.3 Å². The van der Waals surface area contributed by atoms with E-state index in [0.717, 1.165) is 54.2 Å². The van der Waals surface area contributed by atoms with Crippen molar-refractivity contribution in [3.8, 4) is 5.88 Å². The minimum atomic E-state index is -0.852. The van der Waals surface area contributed by atoms with Gasteiger partial charge in [-0.25, -0.2) is 15.0 Å². The Labute approximate surface area is 185 Å². The van der Waals surface area contributed by atoms with Crippen LogP contribution in [-0.2, 0) is 17.6 Å². The fourth-order valence-electron chi connectivity index (χ4n) is 3.95. The first-order valence-corrected chi connectivity index (χ1v) is 11.4. The lowest BCUT2D eigenvalue weighted by molar-refractivity contribution is -0.137. The summed E-state index contributed by atoms with van der Waals surface area (Å²) in [5.41, 5.74) is 3.15. The topological polar surface area (TPSA) is 97.2 Å². The Morgan fingerprint density at radius 3 is 3.03 bits per heavy atom. The highest BCUT2D eigenvalue weighted by molar-refractivity contribution is 7.09. The molecule has 4 rings (SSSR count). The molecular weight excluding hydrogens is 412 g/mol. The summed E-state index contributed by atoms with van der Waals surface area (Å²) in [7, 11) is 1.56. The molecule has 2 unspecified atom stereocenters. The number of hydrogen-bond donors (Lipinski definition) is 2. The Hall–Kier alpha value is -3.00. The Morgan fingerprint density at radius 2 is 2.26 bits per heavy atom. The third kappa shape index (κ3) is 5.38. The predicted molar refractivity (Wildman–Crippen MR) is 120 cm³/mol. The number of nitrogens with zero attached hydrogens (tertiary/aromatic N) is 3. The number of aliphatic carboxylic acids is 1. The molecule has 7 nitrogen and oxygen atoms in total. The standard InChI is InChI=1S/C23H26N4O3S/c1-30-20-10-8-16(13-25-20)19(12-21(28)29)23-27-18(14-31-23)6-2-5-17-9-7-15-4-3-11-24-22(15)26-17/h3-4,8,10-11,13-14,17,19H,2,5-7,9,12H2,1H3,(H,24,26)(H,28,29). The maximum Gasteiger partial charge on any atom is 0.304 e. The van der Waals surface area contributed by atoms with Crippen LogP contribution in [-0.4, -0.2) is 39.2 Å². The van der Waals surface area contributed by atoms with Gasteiger partial charge in [0.2, 0.25) is 5.88 Å². The molecule has 0 spiro atoms. The largest absolute Gasteiger partial charge is 0.481 e. The summed E-state index contributed by atoms with van der Waals surface area (Å²) < 4.78 is 5.10. The van der Waals surface area contributed by atoms with Crippen LogP contribution in [0, 0.1) is 0 Å². The zero-order valence-electron chi connectivity index (χ0n) is 17.5. The van der Waals surface area contributed by atoms with Crippen molar-refractivity contribution in [3.05, 3.63) is 63.9 Å². The maximum absolute atomic E-state index is 11.4. The maximum atomic E-state index is 11.4. The van der Waals surface area contributed by atoms with Crippen molar-refractivity contribution in [2.45, 2.75) is 50.5 Å². The number of fused-ring (bicyclic) bond motifs is 1. The molecule has 1 aliphatic rings. The summed E-state index contributed by atoms with van der Waals surface area (Å²) in [5.74, 6) is 0.359. The van der Waals surface area contributed by atoms with Gasteiger partial charge >= 0.3 is 5.97 Å². The van der Waals surface area contributed by atoms with E-state index in [9.17, 15) is 9.90 Å². The fourth-order valence-corrected chi connectivity index (χ4v) is 4.93. The second-order valence-corrected chi connectivity index (χ2v) is 8.63. The molecule has 2 N–H and O–H groups in total. The number of anilines is 1. The highest BCUT2D eigenvalue weighted by Crippen LogP contribution is 2.31. The predicted octanol–water partition coefficient (Wildman–Crippen LogP) is 4.30. The molecule has 8 heteroatoms. The third-order valence-electron chi connectivity index (χ3n) is 5.60. The Bertz CT molecular complexity index is 1020. The molecule has 3 aromatic heterocycles. The van der Waals surface area contributed by atoms with E-state index in [0.29, 0.717) is 11.9 Å². The molecule has 0 aromatic carbocycles. The van der Waals surface area contributed by atoms with Crippen LogP contribution in [0.5, 0.6) is 5.88 Å². The van der Waals surface area contributed by atoms with Crippen LogP contribution in [0.3, 0.4) is 0 Å². The average molecular weight is 439 g/mol. The number of thiazole rings is 1. The summed E-state index contributed by atoms with van der Waals surface area (Å²) in [5, 5.41) is 15.8. The molecule has 0 radical (unpaired) electrons. The summed E-state index contributed by atoms with van der Waals surface area (Å²) in [6.07, 6.45) is 8.63. The molecule has 1 aliphatic heterocycles. The quantitative estimate of drug-likeness (QED) is 0.514. The zero-order chi connectivity index (χ0) is 21.6. The van der Waals surface area contributed by atoms with Gasteiger partial charge in [0.1, 0.15) is 10.8 Å². The molecule has 0 amide bonds. The number of ether oxygens (including phenoxy) is 1. The van der Waals surface area contributed by atoms with E-state index in [-0.39, 0.29) is 12.3 Å². The summed E-state index contributed by atoms with van der Waals surface area (Å²) in [4.78, 5) is 24.9.